The summed E-state index contributed by atoms with van der Waals surface area (Å²) in [7, 11) is 3.04. The number of likely N-dealkylation sites (tertiary alicyclic amines) is 1. The van der Waals surface area contributed by atoms with Gasteiger partial charge in [0.25, 0.3) is 0 Å². The number of aryl methyl sites for hydroxylation is 1. The van der Waals surface area contributed by atoms with Gasteiger partial charge in [0.2, 0.25) is 5.95 Å². The second kappa shape index (κ2) is 7.42. The quantitative estimate of drug-likeness (QED) is 0.805. The molecule has 2 amide bonds. The number of esters is 1. The number of aromatic nitrogens is 3. The second-order valence-electron chi connectivity index (χ2n) is 6.27. The number of methoxy groups -OCH3 is 1. The van der Waals surface area contributed by atoms with Crippen LogP contribution in [0.25, 0.3) is 0 Å². The molecular weight excluding hydrogens is 336 g/mol. The van der Waals surface area contributed by atoms with Crippen LogP contribution in [0.1, 0.15) is 34.9 Å². The Bertz CT molecular complexity index is 819. The van der Waals surface area contributed by atoms with Crippen LogP contribution in [-0.4, -0.2) is 51.6 Å². The summed E-state index contributed by atoms with van der Waals surface area (Å²) in [6.07, 6.45) is 5.13. The van der Waals surface area contributed by atoms with E-state index < -0.39 is 5.97 Å². The van der Waals surface area contributed by atoms with Crippen LogP contribution in [0.2, 0.25) is 0 Å². The van der Waals surface area contributed by atoms with E-state index in [1.165, 1.54) is 7.11 Å². The lowest BCUT2D eigenvalue weighted by Crippen LogP contribution is -2.41. The van der Waals surface area contributed by atoms with Crippen LogP contribution in [0, 0.1) is 0 Å². The van der Waals surface area contributed by atoms with Crippen LogP contribution in [0.4, 0.5) is 16.4 Å². The van der Waals surface area contributed by atoms with Crippen molar-refractivity contribution in [3.8, 4) is 0 Å². The lowest BCUT2D eigenvalue weighted by molar-refractivity contribution is 0.0590. The highest BCUT2D eigenvalue weighted by Crippen LogP contribution is 2.26. The lowest BCUT2D eigenvalue weighted by Gasteiger charge is -2.32. The fourth-order valence-corrected chi connectivity index (χ4v) is 3.16. The van der Waals surface area contributed by atoms with Crippen LogP contribution in [0.5, 0.6) is 0 Å². The molecule has 1 aliphatic heterocycles. The molecule has 0 aliphatic carbocycles. The average molecular weight is 358 g/mol. The molecule has 0 aromatic carbocycles. The molecule has 0 bridgehead atoms. The van der Waals surface area contributed by atoms with E-state index in [2.05, 4.69) is 15.3 Å². The fourth-order valence-electron chi connectivity index (χ4n) is 3.16. The summed E-state index contributed by atoms with van der Waals surface area (Å²) in [4.78, 5) is 34.2. The Morgan fingerprint density at radius 1 is 1.42 bits per heavy atom. The third-order valence-corrected chi connectivity index (χ3v) is 4.47. The molecule has 2 aromatic heterocycles. The number of piperidine rings is 1. The molecule has 9 heteroatoms. The van der Waals surface area contributed by atoms with Crippen LogP contribution in [0.15, 0.2) is 24.5 Å². The maximum atomic E-state index is 12.6. The molecule has 1 fully saturated rings. The van der Waals surface area contributed by atoms with Gasteiger partial charge in [-0.05, 0) is 25.0 Å². The van der Waals surface area contributed by atoms with Gasteiger partial charge >= 0.3 is 12.0 Å². The summed E-state index contributed by atoms with van der Waals surface area (Å²) in [5.74, 6) is -0.0858. The van der Waals surface area contributed by atoms with Gasteiger partial charge in [-0.15, -0.1) is 0 Å². The molecule has 1 aliphatic rings. The van der Waals surface area contributed by atoms with Crippen molar-refractivity contribution in [2.24, 2.45) is 7.05 Å². The van der Waals surface area contributed by atoms with Crippen LogP contribution in [0.3, 0.4) is 0 Å². The van der Waals surface area contributed by atoms with Crippen molar-refractivity contribution in [1.82, 2.24) is 19.4 Å². The second-order valence-corrected chi connectivity index (χ2v) is 6.27. The standard InChI is InChI=1S/C17H22N6O3/c1-22-10-12(8-14(22)15(24)26-2)20-17(25)23-7-3-4-11(9-23)13-5-6-19-16(18)21-13/h5-6,8,10-11H,3-4,7,9H2,1-2H3,(H,20,25)(H2,18,19,21). The van der Waals surface area contributed by atoms with E-state index in [9.17, 15) is 9.59 Å². The average Bonchev–Trinajstić information content (AvgIpc) is 3.01. The van der Waals surface area contributed by atoms with Gasteiger partial charge < -0.3 is 25.3 Å². The Morgan fingerprint density at radius 2 is 2.23 bits per heavy atom. The molecule has 1 atom stereocenters. The molecule has 9 nitrogen and oxygen atoms in total. The molecule has 1 unspecified atom stereocenters. The Morgan fingerprint density at radius 3 is 2.96 bits per heavy atom. The zero-order valence-electron chi connectivity index (χ0n) is 14.8. The van der Waals surface area contributed by atoms with Crippen molar-refractivity contribution in [3.63, 3.8) is 0 Å². The topological polar surface area (TPSA) is 115 Å². The summed E-state index contributed by atoms with van der Waals surface area (Å²) in [6, 6.07) is 3.22. The number of ether oxygens (including phenoxy) is 1. The highest BCUT2D eigenvalue weighted by Gasteiger charge is 2.26. The van der Waals surface area contributed by atoms with Crippen molar-refractivity contribution >= 4 is 23.6 Å². The van der Waals surface area contributed by atoms with E-state index >= 15 is 0 Å². The monoisotopic (exact) mass is 358 g/mol. The van der Waals surface area contributed by atoms with E-state index in [0.29, 0.717) is 24.5 Å². The predicted molar refractivity (Wildman–Crippen MR) is 95.8 cm³/mol. The largest absolute Gasteiger partial charge is 0.464 e. The van der Waals surface area contributed by atoms with Crippen molar-refractivity contribution in [2.75, 3.05) is 31.2 Å². The fraction of sp³-hybridized carbons (Fsp3) is 0.412. The first-order valence-corrected chi connectivity index (χ1v) is 8.37. The molecule has 1 saturated heterocycles. The number of nitrogen functional groups attached to an aromatic ring is 1. The first-order valence-electron chi connectivity index (χ1n) is 8.37. The highest BCUT2D eigenvalue weighted by atomic mass is 16.5. The minimum Gasteiger partial charge on any atom is -0.464 e. The van der Waals surface area contributed by atoms with Gasteiger partial charge in [-0.3, -0.25) is 0 Å². The minimum absolute atomic E-state index is 0.126. The number of anilines is 2. The number of carbonyl (C=O) groups is 2. The Hall–Kier alpha value is -3.10. The van der Waals surface area contributed by atoms with Gasteiger partial charge in [0.05, 0.1) is 18.5 Å². The van der Waals surface area contributed by atoms with Gasteiger partial charge in [0.1, 0.15) is 5.69 Å². The van der Waals surface area contributed by atoms with E-state index in [1.807, 2.05) is 6.07 Å². The van der Waals surface area contributed by atoms with Gasteiger partial charge in [0.15, 0.2) is 0 Å². The molecule has 0 spiro atoms. The molecule has 0 radical (unpaired) electrons. The number of amides is 2. The van der Waals surface area contributed by atoms with E-state index in [4.69, 9.17) is 10.5 Å². The normalized spacial score (nSPS) is 17.0. The Labute approximate surface area is 151 Å². The number of hydrogen-bond donors (Lipinski definition) is 2. The van der Waals surface area contributed by atoms with Crippen molar-refractivity contribution < 1.29 is 14.3 Å². The SMILES string of the molecule is COC(=O)c1cc(NC(=O)N2CCCC(c3ccnc(N)n3)C2)cn1C. The molecular formula is C17H22N6O3. The van der Waals surface area contributed by atoms with Gasteiger partial charge in [-0.2, -0.15) is 0 Å². The smallest absolute Gasteiger partial charge is 0.354 e. The van der Waals surface area contributed by atoms with Crippen LogP contribution < -0.4 is 11.1 Å². The third-order valence-electron chi connectivity index (χ3n) is 4.47. The Kier molecular flexibility index (Phi) is 5.06. The number of rotatable bonds is 3. The molecule has 3 N–H and O–H groups in total. The van der Waals surface area contributed by atoms with E-state index in [1.54, 1.807) is 35.0 Å². The third kappa shape index (κ3) is 3.76. The first-order chi connectivity index (χ1) is 12.5. The number of nitrogens with one attached hydrogen (secondary N) is 1. The number of nitrogens with zero attached hydrogens (tertiary/aromatic N) is 4. The molecule has 2 aromatic rings. The zero-order chi connectivity index (χ0) is 18.7. The number of urea groups is 1. The van der Waals surface area contributed by atoms with Crippen molar-refractivity contribution in [1.29, 1.82) is 0 Å². The summed E-state index contributed by atoms with van der Waals surface area (Å²) < 4.78 is 6.33. The first kappa shape index (κ1) is 17.7. The van der Waals surface area contributed by atoms with Gasteiger partial charge in [0, 0.05) is 38.4 Å². The minimum atomic E-state index is -0.451. The highest BCUT2D eigenvalue weighted by molar-refractivity contribution is 5.93. The number of hydrogen-bond acceptors (Lipinski definition) is 6. The van der Waals surface area contributed by atoms with Crippen molar-refractivity contribution in [3.05, 3.63) is 35.9 Å². The van der Waals surface area contributed by atoms with Crippen LogP contribution in [-0.2, 0) is 11.8 Å². The molecule has 0 saturated carbocycles. The van der Waals surface area contributed by atoms with Gasteiger partial charge in [-0.1, -0.05) is 0 Å². The summed E-state index contributed by atoms with van der Waals surface area (Å²) in [5, 5.41) is 2.84. The number of carbonyl (C=O) groups excluding carboxylic acids is 2. The van der Waals surface area contributed by atoms with E-state index in [-0.39, 0.29) is 17.9 Å². The van der Waals surface area contributed by atoms with Crippen LogP contribution >= 0.6 is 0 Å². The van der Waals surface area contributed by atoms with Gasteiger partial charge in [-0.25, -0.2) is 19.6 Å². The molecule has 138 valence electrons. The van der Waals surface area contributed by atoms with Crippen molar-refractivity contribution in [2.45, 2.75) is 18.8 Å². The summed E-state index contributed by atoms with van der Waals surface area (Å²) >= 11 is 0. The predicted octanol–water partition coefficient (Wildman–Crippen LogP) is 1.60. The Balaban J connectivity index is 1.67. The number of nitrogens with two attached hydrogens (primary N) is 1. The summed E-state index contributed by atoms with van der Waals surface area (Å²) in [5.41, 5.74) is 7.43. The van der Waals surface area contributed by atoms with E-state index in [0.717, 1.165) is 18.5 Å². The maximum absolute atomic E-state index is 12.6. The maximum Gasteiger partial charge on any atom is 0.354 e. The molecule has 3 rings (SSSR count). The molecule has 26 heavy (non-hydrogen) atoms. The lowest BCUT2D eigenvalue weighted by atomic mass is 9.95. The summed E-state index contributed by atoms with van der Waals surface area (Å²) in [6.45, 7) is 1.22. The zero-order valence-corrected chi connectivity index (χ0v) is 14.8. The molecule has 3 heterocycles.